The minimum atomic E-state index is -0.428. The van der Waals surface area contributed by atoms with Crippen molar-refractivity contribution < 1.29 is 19.0 Å². The number of halogens is 1. The van der Waals surface area contributed by atoms with Crippen molar-refractivity contribution >= 4 is 28.3 Å². The van der Waals surface area contributed by atoms with Gasteiger partial charge in [0.2, 0.25) is 5.75 Å². The van der Waals surface area contributed by atoms with Crippen molar-refractivity contribution in [3.63, 3.8) is 0 Å². The third-order valence-electron chi connectivity index (χ3n) is 2.64. The summed E-state index contributed by atoms with van der Waals surface area (Å²) in [5.41, 5.74) is 0. The van der Waals surface area contributed by atoms with Crippen LogP contribution in [0.1, 0.15) is 6.92 Å². The summed E-state index contributed by atoms with van der Waals surface area (Å²) in [7, 11) is 3.01. The molecule has 4 nitrogen and oxygen atoms in total. The van der Waals surface area contributed by atoms with Crippen molar-refractivity contribution in [1.29, 1.82) is 0 Å². The van der Waals surface area contributed by atoms with E-state index in [1.54, 1.807) is 24.3 Å². The van der Waals surface area contributed by atoms with Gasteiger partial charge in [-0.25, -0.2) is 0 Å². The molecular formula is C14H13ClO4. The maximum Gasteiger partial charge on any atom is 0.308 e. The van der Waals surface area contributed by atoms with Crippen LogP contribution in [0.5, 0.6) is 17.2 Å². The van der Waals surface area contributed by atoms with E-state index >= 15 is 0 Å². The number of hydrogen-bond acceptors (Lipinski definition) is 4. The SMILES string of the molecule is COc1cc2cc(Cl)ccc2c(OC(C)=O)c1OC. The fourth-order valence-electron chi connectivity index (χ4n) is 1.89. The zero-order chi connectivity index (χ0) is 14.0. The molecule has 0 atom stereocenters. The van der Waals surface area contributed by atoms with E-state index in [1.807, 2.05) is 0 Å². The summed E-state index contributed by atoms with van der Waals surface area (Å²) in [6.45, 7) is 1.33. The van der Waals surface area contributed by atoms with Crippen LogP contribution in [0.4, 0.5) is 0 Å². The summed E-state index contributed by atoms with van der Waals surface area (Å²) < 4.78 is 15.8. The van der Waals surface area contributed by atoms with Crippen LogP contribution in [0.3, 0.4) is 0 Å². The van der Waals surface area contributed by atoms with E-state index in [0.29, 0.717) is 22.3 Å². The van der Waals surface area contributed by atoms with Gasteiger partial charge in [0.15, 0.2) is 11.5 Å². The second-order valence-electron chi connectivity index (χ2n) is 3.90. The Morgan fingerprint density at radius 2 is 1.84 bits per heavy atom. The highest BCUT2D eigenvalue weighted by Crippen LogP contribution is 2.44. The molecular weight excluding hydrogens is 268 g/mol. The molecule has 0 aromatic heterocycles. The molecule has 0 spiro atoms. The summed E-state index contributed by atoms with van der Waals surface area (Å²) in [5, 5.41) is 2.13. The molecule has 5 heteroatoms. The van der Waals surface area contributed by atoms with Gasteiger partial charge >= 0.3 is 5.97 Å². The Bertz CT molecular complexity index is 637. The smallest absolute Gasteiger partial charge is 0.308 e. The van der Waals surface area contributed by atoms with Gasteiger partial charge in [-0.15, -0.1) is 0 Å². The normalized spacial score (nSPS) is 10.3. The van der Waals surface area contributed by atoms with E-state index in [4.69, 9.17) is 25.8 Å². The molecule has 0 aliphatic carbocycles. The van der Waals surface area contributed by atoms with Gasteiger partial charge < -0.3 is 14.2 Å². The average molecular weight is 281 g/mol. The summed E-state index contributed by atoms with van der Waals surface area (Å²) in [5.74, 6) is 0.768. The van der Waals surface area contributed by atoms with Crippen molar-refractivity contribution in [3.05, 3.63) is 29.3 Å². The van der Waals surface area contributed by atoms with E-state index in [0.717, 1.165) is 10.8 Å². The number of fused-ring (bicyclic) bond motifs is 1. The Labute approximate surface area is 115 Å². The monoisotopic (exact) mass is 280 g/mol. The van der Waals surface area contributed by atoms with Crippen molar-refractivity contribution in [1.82, 2.24) is 0 Å². The number of carbonyl (C=O) groups is 1. The Morgan fingerprint density at radius 3 is 2.42 bits per heavy atom. The molecule has 0 amide bonds. The number of hydrogen-bond donors (Lipinski definition) is 0. The lowest BCUT2D eigenvalue weighted by Gasteiger charge is -2.15. The lowest BCUT2D eigenvalue weighted by molar-refractivity contribution is -0.131. The molecule has 0 unspecified atom stereocenters. The maximum atomic E-state index is 11.2. The zero-order valence-electron chi connectivity index (χ0n) is 10.8. The molecule has 0 fully saturated rings. The van der Waals surface area contributed by atoms with Gasteiger partial charge in [-0.3, -0.25) is 4.79 Å². The van der Waals surface area contributed by atoms with Crippen molar-refractivity contribution in [2.75, 3.05) is 14.2 Å². The van der Waals surface area contributed by atoms with Crippen molar-refractivity contribution in [2.24, 2.45) is 0 Å². The van der Waals surface area contributed by atoms with Gasteiger partial charge in [-0.05, 0) is 29.7 Å². The van der Waals surface area contributed by atoms with Gasteiger partial charge in [0, 0.05) is 17.3 Å². The summed E-state index contributed by atoms with van der Waals surface area (Å²) in [4.78, 5) is 11.2. The van der Waals surface area contributed by atoms with Gasteiger partial charge in [-0.1, -0.05) is 11.6 Å². The molecule has 0 aliphatic heterocycles. The van der Waals surface area contributed by atoms with Crippen LogP contribution in [-0.4, -0.2) is 20.2 Å². The van der Waals surface area contributed by atoms with Gasteiger partial charge in [0.05, 0.1) is 14.2 Å². The summed E-state index contributed by atoms with van der Waals surface area (Å²) in [6, 6.07) is 7.06. The van der Waals surface area contributed by atoms with Gasteiger partial charge in [-0.2, -0.15) is 0 Å². The van der Waals surface area contributed by atoms with Crippen LogP contribution in [0, 0.1) is 0 Å². The topological polar surface area (TPSA) is 44.8 Å². The lowest BCUT2D eigenvalue weighted by atomic mass is 10.1. The second kappa shape index (κ2) is 5.36. The van der Waals surface area contributed by atoms with E-state index in [-0.39, 0.29) is 0 Å². The predicted molar refractivity (Wildman–Crippen MR) is 73.4 cm³/mol. The van der Waals surface area contributed by atoms with Crippen molar-refractivity contribution in [2.45, 2.75) is 6.92 Å². The van der Waals surface area contributed by atoms with Crippen LogP contribution in [0.2, 0.25) is 5.02 Å². The molecule has 2 rings (SSSR count). The minimum absolute atomic E-state index is 0.334. The first kappa shape index (κ1) is 13.5. The fourth-order valence-corrected chi connectivity index (χ4v) is 2.07. The van der Waals surface area contributed by atoms with E-state index in [1.165, 1.54) is 21.1 Å². The summed E-state index contributed by atoms with van der Waals surface area (Å²) in [6.07, 6.45) is 0. The fraction of sp³-hybridized carbons (Fsp3) is 0.214. The largest absolute Gasteiger partial charge is 0.493 e. The molecule has 0 heterocycles. The molecule has 100 valence electrons. The Balaban J connectivity index is 2.80. The molecule has 2 aromatic carbocycles. The molecule has 0 radical (unpaired) electrons. The van der Waals surface area contributed by atoms with Crippen molar-refractivity contribution in [3.8, 4) is 17.2 Å². The van der Waals surface area contributed by atoms with Crippen LogP contribution >= 0.6 is 11.6 Å². The van der Waals surface area contributed by atoms with Crippen LogP contribution in [0.25, 0.3) is 10.8 Å². The highest BCUT2D eigenvalue weighted by atomic mass is 35.5. The lowest BCUT2D eigenvalue weighted by Crippen LogP contribution is -2.04. The van der Waals surface area contributed by atoms with Crippen LogP contribution < -0.4 is 14.2 Å². The van der Waals surface area contributed by atoms with E-state index in [9.17, 15) is 4.79 Å². The Hall–Kier alpha value is -1.94. The first-order valence-electron chi connectivity index (χ1n) is 5.59. The predicted octanol–water partition coefficient (Wildman–Crippen LogP) is 3.44. The maximum absolute atomic E-state index is 11.2. The zero-order valence-corrected chi connectivity index (χ0v) is 11.6. The highest BCUT2D eigenvalue weighted by Gasteiger charge is 2.18. The van der Waals surface area contributed by atoms with E-state index < -0.39 is 5.97 Å². The highest BCUT2D eigenvalue weighted by molar-refractivity contribution is 6.31. The summed E-state index contributed by atoms with van der Waals surface area (Å²) >= 11 is 5.97. The molecule has 19 heavy (non-hydrogen) atoms. The molecule has 0 saturated heterocycles. The molecule has 2 aromatic rings. The van der Waals surface area contributed by atoms with Crippen LogP contribution in [0.15, 0.2) is 24.3 Å². The van der Waals surface area contributed by atoms with Gasteiger partial charge in [0.25, 0.3) is 0 Å². The Kier molecular flexibility index (Phi) is 3.81. The van der Waals surface area contributed by atoms with Gasteiger partial charge in [0.1, 0.15) is 0 Å². The molecule has 0 bridgehead atoms. The first-order valence-corrected chi connectivity index (χ1v) is 5.97. The number of esters is 1. The van der Waals surface area contributed by atoms with E-state index in [2.05, 4.69) is 0 Å². The standard InChI is InChI=1S/C14H13ClO4/c1-8(16)19-13-11-5-4-10(15)6-9(11)7-12(17-2)14(13)18-3/h4-7H,1-3H3. The number of carbonyl (C=O) groups excluding carboxylic acids is 1. The number of rotatable bonds is 3. The molecule has 0 aliphatic rings. The number of methoxy groups -OCH3 is 2. The average Bonchev–Trinajstić information content (AvgIpc) is 2.37. The number of ether oxygens (including phenoxy) is 3. The number of benzene rings is 2. The Morgan fingerprint density at radius 1 is 1.11 bits per heavy atom. The molecule has 0 saturated carbocycles. The third kappa shape index (κ3) is 2.58. The second-order valence-corrected chi connectivity index (χ2v) is 4.34. The first-order chi connectivity index (χ1) is 9.06. The minimum Gasteiger partial charge on any atom is -0.493 e. The van der Waals surface area contributed by atoms with Crippen LogP contribution in [-0.2, 0) is 4.79 Å². The quantitative estimate of drug-likeness (QED) is 0.638. The third-order valence-corrected chi connectivity index (χ3v) is 2.88. The molecule has 0 N–H and O–H groups in total.